The van der Waals surface area contributed by atoms with Crippen molar-refractivity contribution in [2.45, 2.75) is 25.7 Å². The van der Waals surface area contributed by atoms with Crippen molar-refractivity contribution in [3.8, 4) is 11.5 Å². The molecule has 0 bridgehead atoms. The SMILES string of the molecule is CCOC(=O)c1oc(-c2ccsc2)nc1C1CC1. The van der Waals surface area contributed by atoms with Crippen LogP contribution in [0.4, 0.5) is 0 Å². The normalized spacial score (nSPS) is 14.7. The summed E-state index contributed by atoms with van der Waals surface area (Å²) < 4.78 is 10.6. The fourth-order valence-electron chi connectivity index (χ4n) is 1.82. The first kappa shape index (κ1) is 11.5. The van der Waals surface area contributed by atoms with E-state index in [1.54, 1.807) is 18.3 Å². The number of thiophene rings is 1. The molecule has 0 aliphatic heterocycles. The number of hydrogen-bond acceptors (Lipinski definition) is 5. The molecule has 0 saturated heterocycles. The molecule has 5 heteroatoms. The first-order valence-electron chi connectivity index (χ1n) is 6.00. The molecule has 2 aromatic heterocycles. The Bertz CT molecular complexity index is 555. The third-order valence-electron chi connectivity index (χ3n) is 2.85. The van der Waals surface area contributed by atoms with Gasteiger partial charge in [0.05, 0.1) is 12.3 Å². The van der Waals surface area contributed by atoms with Crippen LogP contribution in [-0.2, 0) is 4.74 Å². The molecule has 0 atom stereocenters. The Morgan fingerprint density at radius 1 is 1.61 bits per heavy atom. The van der Waals surface area contributed by atoms with Gasteiger partial charge in [0.25, 0.3) is 0 Å². The lowest BCUT2D eigenvalue weighted by molar-refractivity contribution is 0.0489. The van der Waals surface area contributed by atoms with Crippen LogP contribution in [-0.4, -0.2) is 17.6 Å². The summed E-state index contributed by atoms with van der Waals surface area (Å²) >= 11 is 1.58. The minimum atomic E-state index is -0.409. The smallest absolute Gasteiger partial charge is 0.376 e. The van der Waals surface area contributed by atoms with Crippen molar-refractivity contribution < 1.29 is 13.9 Å². The molecule has 94 valence electrons. The standard InChI is InChI=1S/C13H13NO3S/c1-2-16-13(15)11-10(8-3-4-8)14-12(17-11)9-5-6-18-7-9/h5-8H,2-4H2,1H3. The van der Waals surface area contributed by atoms with Crippen LogP contribution in [0.15, 0.2) is 21.2 Å². The zero-order chi connectivity index (χ0) is 12.5. The summed E-state index contributed by atoms with van der Waals surface area (Å²) in [6, 6.07) is 1.93. The average Bonchev–Trinajstić information content (AvgIpc) is 2.92. The highest BCUT2D eigenvalue weighted by Gasteiger charge is 2.34. The third kappa shape index (κ3) is 2.06. The molecule has 18 heavy (non-hydrogen) atoms. The van der Waals surface area contributed by atoms with Crippen LogP contribution < -0.4 is 0 Å². The van der Waals surface area contributed by atoms with Crippen LogP contribution in [0.3, 0.4) is 0 Å². The Labute approximate surface area is 109 Å². The van der Waals surface area contributed by atoms with Crippen LogP contribution >= 0.6 is 11.3 Å². The zero-order valence-corrected chi connectivity index (χ0v) is 10.8. The van der Waals surface area contributed by atoms with Gasteiger partial charge in [-0.15, -0.1) is 0 Å². The second-order valence-electron chi connectivity index (χ2n) is 4.24. The van der Waals surface area contributed by atoms with E-state index >= 15 is 0 Å². The molecule has 0 unspecified atom stereocenters. The molecule has 0 aromatic carbocycles. The third-order valence-corrected chi connectivity index (χ3v) is 3.53. The van der Waals surface area contributed by atoms with E-state index in [-0.39, 0.29) is 5.76 Å². The van der Waals surface area contributed by atoms with E-state index in [1.807, 2.05) is 16.8 Å². The maximum Gasteiger partial charge on any atom is 0.376 e. The number of esters is 1. The number of nitrogens with zero attached hydrogens (tertiary/aromatic N) is 1. The molecule has 0 N–H and O–H groups in total. The monoisotopic (exact) mass is 263 g/mol. The van der Waals surface area contributed by atoms with Crippen LogP contribution in [0, 0.1) is 0 Å². The van der Waals surface area contributed by atoms with Gasteiger partial charge in [0, 0.05) is 16.9 Å². The van der Waals surface area contributed by atoms with Gasteiger partial charge in [0.1, 0.15) is 0 Å². The van der Waals surface area contributed by atoms with Crippen molar-refractivity contribution in [2.75, 3.05) is 6.61 Å². The van der Waals surface area contributed by atoms with Crippen molar-refractivity contribution in [2.24, 2.45) is 0 Å². The summed E-state index contributed by atoms with van der Waals surface area (Å²) in [6.45, 7) is 2.13. The molecule has 3 rings (SSSR count). The highest BCUT2D eigenvalue weighted by molar-refractivity contribution is 7.08. The van der Waals surface area contributed by atoms with Crippen molar-refractivity contribution in [1.82, 2.24) is 4.98 Å². The van der Waals surface area contributed by atoms with Crippen molar-refractivity contribution in [3.63, 3.8) is 0 Å². The van der Waals surface area contributed by atoms with E-state index < -0.39 is 5.97 Å². The molecular formula is C13H13NO3S. The first-order chi connectivity index (χ1) is 8.79. The molecular weight excluding hydrogens is 250 g/mol. The molecule has 2 aromatic rings. The molecule has 2 heterocycles. The van der Waals surface area contributed by atoms with Crippen LogP contribution in [0.2, 0.25) is 0 Å². The predicted octanol–water partition coefficient (Wildman–Crippen LogP) is 3.46. The average molecular weight is 263 g/mol. The first-order valence-corrected chi connectivity index (χ1v) is 6.94. The number of hydrogen-bond donors (Lipinski definition) is 0. The van der Waals surface area contributed by atoms with E-state index in [1.165, 1.54) is 0 Å². The largest absolute Gasteiger partial charge is 0.460 e. The topological polar surface area (TPSA) is 52.3 Å². The molecule has 1 saturated carbocycles. The van der Waals surface area contributed by atoms with Crippen molar-refractivity contribution in [1.29, 1.82) is 0 Å². The molecule has 0 spiro atoms. The number of carbonyl (C=O) groups is 1. The molecule has 4 nitrogen and oxygen atoms in total. The van der Waals surface area contributed by atoms with Gasteiger partial charge in [-0.25, -0.2) is 9.78 Å². The van der Waals surface area contributed by atoms with E-state index in [9.17, 15) is 4.79 Å². The number of ether oxygens (including phenoxy) is 1. The van der Waals surface area contributed by atoms with Gasteiger partial charge in [0.2, 0.25) is 11.7 Å². The predicted molar refractivity (Wildman–Crippen MR) is 67.7 cm³/mol. The van der Waals surface area contributed by atoms with E-state index in [0.717, 1.165) is 24.1 Å². The van der Waals surface area contributed by atoms with Gasteiger partial charge in [0.15, 0.2) is 0 Å². The molecule has 0 amide bonds. The molecule has 0 radical (unpaired) electrons. The van der Waals surface area contributed by atoms with Crippen molar-refractivity contribution in [3.05, 3.63) is 28.3 Å². The summed E-state index contributed by atoms with van der Waals surface area (Å²) in [6.07, 6.45) is 2.14. The maximum atomic E-state index is 11.8. The van der Waals surface area contributed by atoms with Crippen LogP contribution in [0.5, 0.6) is 0 Å². The second kappa shape index (κ2) is 4.57. The number of carbonyl (C=O) groups excluding carboxylic acids is 1. The summed E-state index contributed by atoms with van der Waals surface area (Å²) in [5, 5.41) is 3.91. The zero-order valence-electron chi connectivity index (χ0n) is 10.0. The van der Waals surface area contributed by atoms with Crippen molar-refractivity contribution >= 4 is 17.3 Å². The Kier molecular flexibility index (Phi) is 2.91. The molecule has 1 fully saturated rings. The van der Waals surface area contributed by atoms with E-state index in [2.05, 4.69) is 4.98 Å². The highest BCUT2D eigenvalue weighted by atomic mass is 32.1. The number of oxazole rings is 1. The minimum absolute atomic E-state index is 0.278. The Morgan fingerprint density at radius 3 is 3.06 bits per heavy atom. The summed E-state index contributed by atoms with van der Waals surface area (Å²) in [4.78, 5) is 16.3. The number of rotatable bonds is 4. The van der Waals surface area contributed by atoms with E-state index in [0.29, 0.717) is 18.4 Å². The van der Waals surface area contributed by atoms with Gasteiger partial charge in [-0.05, 0) is 31.2 Å². The van der Waals surface area contributed by atoms with E-state index in [4.69, 9.17) is 9.15 Å². The fourth-order valence-corrected chi connectivity index (χ4v) is 2.45. The quantitative estimate of drug-likeness (QED) is 0.793. The summed E-state index contributed by atoms with van der Waals surface area (Å²) in [7, 11) is 0. The maximum absolute atomic E-state index is 11.8. The lowest BCUT2D eigenvalue weighted by atomic mass is 10.2. The second-order valence-corrected chi connectivity index (χ2v) is 5.02. The Balaban J connectivity index is 1.98. The van der Waals surface area contributed by atoms with Crippen LogP contribution in [0.25, 0.3) is 11.5 Å². The lowest BCUT2D eigenvalue weighted by Crippen LogP contribution is -2.05. The van der Waals surface area contributed by atoms with Crippen LogP contribution in [0.1, 0.15) is 41.9 Å². The highest BCUT2D eigenvalue weighted by Crippen LogP contribution is 2.42. The van der Waals surface area contributed by atoms with Gasteiger partial charge in [-0.2, -0.15) is 11.3 Å². The molecule has 1 aliphatic rings. The fraction of sp³-hybridized carbons (Fsp3) is 0.385. The summed E-state index contributed by atoms with van der Waals surface area (Å²) in [5.74, 6) is 0.746. The Morgan fingerprint density at radius 2 is 2.44 bits per heavy atom. The Hall–Kier alpha value is -1.62. The van der Waals surface area contributed by atoms with Gasteiger partial charge >= 0.3 is 5.97 Å². The minimum Gasteiger partial charge on any atom is -0.460 e. The van der Waals surface area contributed by atoms with Gasteiger partial charge < -0.3 is 9.15 Å². The number of aromatic nitrogens is 1. The summed E-state index contributed by atoms with van der Waals surface area (Å²) in [5.41, 5.74) is 1.67. The molecule has 1 aliphatic carbocycles. The lowest BCUT2D eigenvalue weighted by Gasteiger charge is -1.98. The van der Waals surface area contributed by atoms with Gasteiger partial charge in [-0.3, -0.25) is 0 Å². The van der Waals surface area contributed by atoms with Gasteiger partial charge in [-0.1, -0.05) is 0 Å².